The van der Waals surface area contributed by atoms with E-state index in [1.54, 1.807) is 0 Å². The van der Waals surface area contributed by atoms with E-state index >= 15 is 0 Å². The van der Waals surface area contributed by atoms with Crippen LogP contribution in [-0.2, 0) is 29.2 Å². The maximum absolute atomic E-state index is 11.3. The number of benzene rings is 1. The summed E-state index contributed by atoms with van der Waals surface area (Å²) in [4.78, 5) is 11.2. The van der Waals surface area contributed by atoms with Gasteiger partial charge in [-0.15, -0.1) is 0 Å². The molecular formula is C16H22O5S. The van der Waals surface area contributed by atoms with Crippen molar-refractivity contribution in [3.63, 3.8) is 0 Å². The molecule has 122 valence electrons. The van der Waals surface area contributed by atoms with Crippen LogP contribution in [-0.4, -0.2) is 33.4 Å². The first-order chi connectivity index (χ1) is 10.3. The number of hydrogen-bond donors (Lipinski definition) is 0. The molecule has 0 N–H and O–H groups in total. The summed E-state index contributed by atoms with van der Waals surface area (Å²) >= 11 is 0. The van der Waals surface area contributed by atoms with Gasteiger partial charge in [-0.25, -0.2) is 0 Å². The Morgan fingerprint density at radius 3 is 2.32 bits per heavy atom. The van der Waals surface area contributed by atoms with Crippen LogP contribution in [0.3, 0.4) is 0 Å². The molecule has 0 heterocycles. The fourth-order valence-electron chi connectivity index (χ4n) is 3.04. The number of carbonyl (C=O) groups is 1. The molecule has 0 saturated heterocycles. The van der Waals surface area contributed by atoms with Crippen LogP contribution in [0.25, 0.3) is 0 Å². The third kappa shape index (κ3) is 4.55. The molecule has 1 aliphatic carbocycles. The van der Waals surface area contributed by atoms with Crippen molar-refractivity contribution in [2.75, 3.05) is 12.9 Å². The van der Waals surface area contributed by atoms with Gasteiger partial charge in [-0.2, -0.15) is 8.42 Å². The van der Waals surface area contributed by atoms with Crippen LogP contribution >= 0.6 is 0 Å². The molecule has 0 aromatic heterocycles. The van der Waals surface area contributed by atoms with Crippen molar-refractivity contribution < 1.29 is 22.1 Å². The Morgan fingerprint density at radius 2 is 1.82 bits per heavy atom. The number of esters is 1. The molecule has 1 saturated carbocycles. The van der Waals surface area contributed by atoms with Crippen LogP contribution in [0.1, 0.15) is 38.2 Å². The molecule has 1 aliphatic rings. The maximum atomic E-state index is 11.3. The molecular weight excluding hydrogens is 304 g/mol. The second-order valence-electron chi connectivity index (χ2n) is 5.93. The van der Waals surface area contributed by atoms with Crippen LogP contribution in [0.2, 0.25) is 0 Å². The molecule has 22 heavy (non-hydrogen) atoms. The normalized spacial score (nSPS) is 25.6. The minimum atomic E-state index is -3.44. The topological polar surface area (TPSA) is 69.7 Å². The van der Waals surface area contributed by atoms with Gasteiger partial charge in [0, 0.05) is 12.3 Å². The quantitative estimate of drug-likeness (QED) is 0.614. The van der Waals surface area contributed by atoms with Crippen molar-refractivity contribution in [3.8, 4) is 0 Å². The second-order valence-corrected chi connectivity index (χ2v) is 7.53. The summed E-state index contributed by atoms with van der Waals surface area (Å²) < 4.78 is 32.9. The highest BCUT2D eigenvalue weighted by atomic mass is 32.2. The van der Waals surface area contributed by atoms with Gasteiger partial charge in [-0.3, -0.25) is 8.98 Å². The van der Waals surface area contributed by atoms with Crippen LogP contribution in [0.4, 0.5) is 0 Å². The Labute approximate surface area is 131 Å². The highest BCUT2D eigenvalue weighted by Gasteiger charge is 2.39. The van der Waals surface area contributed by atoms with Gasteiger partial charge in [-0.05, 0) is 31.2 Å². The van der Waals surface area contributed by atoms with Crippen LogP contribution in [0.15, 0.2) is 30.3 Å². The lowest BCUT2D eigenvalue weighted by atomic mass is 9.69. The molecule has 6 heteroatoms. The first-order valence-corrected chi connectivity index (χ1v) is 9.20. The van der Waals surface area contributed by atoms with E-state index in [-0.39, 0.29) is 17.5 Å². The van der Waals surface area contributed by atoms with Crippen LogP contribution < -0.4 is 0 Å². The predicted octanol–water partition coefficient (Wildman–Crippen LogP) is 2.41. The van der Waals surface area contributed by atoms with E-state index in [2.05, 4.69) is 0 Å². The van der Waals surface area contributed by atoms with E-state index in [4.69, 9.17) is 8.92 Å². The average Bonchev–Trinajstić information content (AvgIpc) is 2.46. The van der Waals surface area contributed by atoms with E-state index in [9.17, 15) is 13.2 Å². The Morgan fingerprint density at radius 1 is 1.23 bits per heavy atom. The minimum absolute atomic E-state index is 0.260. The number of hydrogen-bond acceptors (Lipinski definition) is 5. The lowest BCUT2D eigenvalue weighted by molar-refractivity contribution is -0.143. The Bertz CT molecular complexity index is 601. The molecule has 0 aliphatic heterocycles. The van der Waals surface area contributed by atoms with Crippen molar-refractivity contribution in [1.29, 1.82) is 0 Å². The summed E-state index contributed by atoms with van der Waals surface area (Å²) in [5.41, 5.74) is 0.860. The molecule has 0 bridgehead atoms. The van der Waals surface area contributed by atoms with Gasteiger partial charge in [0.1, 0.15) is 6.61 Å². The molecule has 5 nitrogen and oxygen atoms in total. The minimum Gasteiger partial charge on any atom is -0.465 e. The number of rotatable bonds is 5. The molecule has 0 atom stereocenters. The first-order valence-electron chi connectivity index (χ1n) is 7.38. The van der Waals surface area contributed by atoms with Gasteiger partial charge in [0.2, 0.25) is 0 Å². The van der Waals surface area contributed by atoms with E-state index in [0.29, 0.717) is 19.4 Å². The molecule has 1 fully saturated rings. The smallest absolute Gasteiger partial charge is 0.302 e. The van der Waals surface area contributed by atoms with Gasteiger partial charge in [-0.1, -0.05) is 30.3 Å². The van der Waals surface area contributed by atoms with Crippen molar-refractivity contribution in [2.45, 2.75) is 44.1 Å². The largest absolute Gasteiger partial charge is 0.465 e. The summed E-state index contributed by atoms with van der Waals surface area (Å²) in [6.07, 6.45) is 3.50. The molecule has 0 radical (unpaired) electrons. The highest BCUT2D eigenvalue weighted by molar-refractivity contribution is 7.86. The lowest BCUT2D eigenvalue weighted by Crippen LogP contribution is -2.39. The van der Waals surface area contributed by atoms with Crippen LogP contribution in [0.5, 0.6) is 0 Å². The van der Waals surface area contributed by atoms with E-state index in [1.165, 1.54) is 6.92 Å². The summed E-state index contributed by atoms with van der Waals surface area (Å²) in [5, 5.41) is 0. The Kier molecular flexibility index (Phi) is 5.24. The van der Waals surface area contributed by atoms with E-state index < -0.39 is 10.1 Å². The molecule has 1 aromatic rings. The van der Waals surface area contributed by atoms with Crippen molar-refractivity contribution >= 4 is 16.1 Å². The maximum Gasteiger partial charge on any atom is 0.302 e. The average molecular weight is 326 g/mol. The fraction of sp³-hybridized carbons (Fsp3) is 0.562. The summed E-state index contributed by atoms with van der Waals surface area (Å²) in [6, 6.07) is 9.93. The molecule has 1 aromatic carbocycles. The monoisotopic (exact) mass is 326 g/mol. The second kappa shape index (κ2) is 6.79. The van der Waals surface area contributed by atoms with E-state index in [0.717, 1.165) is 24.7 Å². The third-order valence-electron chi connectivity index (χ3n) is 4.14. The van der Waals surface area contributed by atoms with Gasteiger partial charge in [0.25, 0.3) is 10.1 Å². The summed E-state index contributed by atoms with van der Waals surface area (Å²) in [7, 11) is -3.44. The van der Waals surface area contributed by atoms with Crippen molar-refractivity contribution in [1.82, 2.24) is 0 Å². The highest BCUT2D eigenvalue weighted by Crippen LogP contribution is 2.40. The molecule has 2 rings (SSSR count). The SMILES string of the molecule is CC(=O)OCC1(c2ccccc2)CCC(OS(C)(=O)=O)CC1. The van der Waals surface area contributed by atoms with Gasteiger partial charge >= 0.3 is 5.97 Å². The zero-order valence-corrected chi connectivity index (χ0v) is 13.8. The Hall–Kier alpha value is -1.40. The first kappa shape index (κ1) is 17.0. The summed E-state index contributed by atoms with van der Waals surface area (Å²) in [6.45, 7) is 1.72. The fourth-order valence-corrected chi connectivity index (χ4v) is 3.72. The molecule has 0 amide bonds. The van der Waals surface area contributed by atoms with Crippen LogP contribution in [0, 0.1) is 0 Å². The standard InChI is InChI=1S/C16H22O5S/c1-13(17)20-12-16(14-6-4-3-5-7-14)10-8-15(9-11-16)21-22(2,18)19/h3-7,15H,8-12H2,1-2H3. The zero-order chi connectivity index (χ0) is 16.2. The van der Waals surface area contributed by atoms with Crippen molar-refractivity contribution in [3.05, 3.63) is 35.9 Å². The Balaban J connectivity index is 2.13. The summed E-state index contributed by atoms with van der Waals surface area (Å²) in [5.74, 6) is -0.301. The predicted molar refractivity (Wildman–Crippen MR) is 82.9 cm³/mol. The zero-order valence-electron chi connectivity index (χ0n) is 12.9. The van der Waals surface area contributed by atoms with Crippen molar-refractivity contribution in [2.24, 2.45) is 0 Å². The lowest BCUT2D eigenvalue weighted by Gasteiger charge is -2.39. The number of carbonyl (C=O) groups excluding carboxylic acids is 1. The van der Waals surface area contributed by atoms with Gasteiger partial charge < -0.3 is 4.74 Å². The molecule has 0 unspecified atom stereocenters. The van der Waals surface area contributed by atoms with Gasteiger partial charge in [0.05, 0.1) is 12.4 Å². The molecule has 0 spiro atoms. The third-order valence-corrected chi connectivity index (χ3v) is 4.76. The number of ether oxygens (including phenoxy) is 1. The van der Waals surface area contributed by atoms with E-state index in [1.807, 2.05) is 30.3 Å². The van der Waals surface area contributed by atoms with Gasteiger partial charge in [0.15, 0.2) is 0 Å².